The zero-order chi connectivity index (χ0) is 14.4. The average Bonchev–Trinajstić information content (AvgIpc) is 2.45. The third-order valence-corrected chi connectivity index (χ3v) is 3.29. The minimum atomic E-state index is 0.244. The number of nitrogens with one attached hydrogen (secondary N) is 1. The van der Waals surface area contributed by atoms with Crippen LogP contribution in [0.1, 0.15) is 11.1 Å². The summed E-state index contributed by atoms with van der Waals surface area (Å²) < 4.78 is 1.02. The van der Waals surface area contributed by atoms with E-state index in [0.717, 1.165) is 15.7 Å². The Morgan fingerprint density at radius 1 is 1.20 bits per heavy atom. The van der Waals surface area contributed by atoms with E-state index < -0.39 is 0 Å². The first-order chi connectivity index (χ1) is 9.70. The normalized spacial score (nSPS) is 10.7. The maximum Gasteiger partial charge on any atom is 0.127 e. The number of phenols is 1. The van der Waals surface area contributed by atoms with Gasteiger partial charge in [-0.2, -0.15) is 5.10 Å². The molecule has 0 saturated heterocycles. The maximum absolute atomic E-state index is 10.1. The van der Waals surface area contributed by atoms with Crippen LogP contribution in [0.25, 0.3) is 0 Å². The van der Waals surface area contributed by atoms with Crippen molar-refractivity contribution in [1.29, 1.82) is 0 Å². The van der Waals surface area contributed by atoms with E-state index in [9.17, 15) is 5.11 Å². The number of rotatable bonds is 5. The van der Waals surface area contributed by atoms with Gasteiger partial charge in [-0.1, -0.05) is 34.1 Å². The lowest BCUT2D eigenvalue weighted by Crippen LogP contribution is -1.92. The predicted molar refractivity (Wildman–Crippen MR) is 87.4 cm³/mol. The lowest BCUT2D eigenvalue weighted by atomic mass is 10.1. The van der Waals surface area contributed by atoms with Crippen molar-refractivity contribution in [2.75, 3.05) is 5.43 Å². The van der Waals surface area contributed by atoms with Gasteiger partial charge in [-0.25, -0.2) is 0 Å². The number of nitrogens with zero attached hydrogens (tertiary/aromatic N) is 1. The van der Waals surface area contributed by atoms with Crippen LogP contribution in [0.5, 0.6) is 5.75 Å². The van der Waals surface area contributed by atoms with Gasteiger partial charge in [0, 0.05) is 10.0 Å². The molecule has 0 atom stereocenters. The first-order valence-electron chi connectivity index (χ1n) is 6.17. The minimum absolute atomic E-state index is 0.244. The molecular formula is C16H15BrN2O. The number of phenolic OH excluding ortho intramolecular Hbond substituents is 1. The number of para-hydroxylation sites is 1. The van der Waals surface area contributed by atoms with Crippen LogP contribution in [0.15, 0.2) is 64.7 Å². The summed E-state index contributed by atoms with van der Waals surface area (Å²) in [7, 11) is 0. The largest absolute Gasteiger partial charge is 0.507 e. The number of halogens is 1. The number of hydrogen-bond acceptors (Lipinski definition) is 3. The van der Waals surface area contributed by atoms with Crippen molar-refractivity contribution in [3.05, 3.63) is 70.7 Å². The molecule has 0 amide bonds. The smallest absolute Gasteiger partial charge is 0.127 e. The van der Waals surface area contributed by atoms with Crippen LogP contribution in [0, 0.1) is 0 Å². The predicted octanol–water partition coefficient (Wildman–Crippen LogP) is 4.33. The van der Waals surface area contributed by atoms with Crippen LogP contribution in [0.3, 0.4) is 0 Å². The summed E-state index contributed by atoms with van der Waals surface area (Å²) in [5, 5.41) is 14.2. The van der Waals surface area contributed by atoms with Crippen LogP contribution >= 0.6 is 15.9 Å². The Balaban J connectivity index is 2.09. The third kappa shape index (κ3) is 3.71. The first kappa shape index (κ1) is 14.3. The Morgan fingerprint density at radius 3 is 2.65 bits per heavy atom. The molecular weight excluding hydrogens is 316 g/mol. The van der Waals surface area contributed by atoms with Gasteiger partial charge in [0.1, 0.15) is 5.75 Å². The van der Waals surface area contributed by atoms with Crippen molar-refractivity contribution < 1.29 is 5.11 Å². The third-order valence-electron chi connectivity index (χ3n) is 2.76. The van der Waals surface area contributed by atoms with Gasteiger partial charge in [-0.05, 0) is 42.3 Å². The molecule has 0 fully saturated rings. The van der Waals surface area contributed by atoms with Gasteiger partial charge in [-0.15, -0.1) is 6.58 Å². The number of hydrogen-bond donors (Lipinski definition) is 2. The molecule has 0 aliphatic carbocycles. The number of allylic oxidation sites excluding steroid dienone is 1. The molecule has 0 spiro atoms. The molecule has 4 heteroatoms. The van der Waals surface area contributed by atoms with E-state index in [4.69, 9.17) is 0 Å². The number of benzene rings is 2. The van der Waals surface area contributed by atoms with Crippen molar-refractivity contribution >= 4 is 27.8 Å². The van der Waals surface area contributed by atoms with E-state index in [1.54, 1.807) is 12.3 Å². The van der Waals surface area contributed by atoms with Gasteiger partial charge < -0.3 is 5.11 Å². The molecule has 0 aliphatic heterocycles. The summed E-state index contributed by atoms with van der Waals surface area (Å²) in [5.74, 6) is 0.244. The van der Waals surface area contributed by atoms with E-state index in [0.29, 0.717) is 12.0 Å². The minimum Gasteiger partial charge on any atom is -0.507 e. The molecule has 2 N–H and O–H groups in total. The van der Waals surface area contributed by atoms with Gasteiger partial charge in [0.25, 0.3) is 0 Å². The summed E-state index contributed by atoms with van der Waals surface area (Å²) in [6, 6.07) is 13.3. The highest BCUT2D eigenvalue weighted by Gasteiger charge is 2.03. The molecule has 102 valence electrons. The second kappa shape index (κ2) is 6.91. The second-order valence-corrected chi connectivity index (χ2v) is 5.14. The van der Waals surface area contributed by atoms with E-state index >= 15 is 0 Å². The number of aromatic hydroxyl groups is 1. The summed E-state index contributed by atoms with van der Waals surface area (Å²) in [5.41, 5.74) is 5.31. The lowest BCUT2D eigenvalue weighted by Gasteiger charge is -2.05. The second-order valence-electron chi connectivity index (χ2n) is 4.22. The Labute approximate surface area is 126 Å². The van der Waals surface area contributed by atoms with Crippen LogP contribution in [0.2, 0.25) is 0 Å². The van der Waals surface area contributed by atoms with Crippen molar-refractivity contribution in [2.24, 2.45) is 5.10 Å². The average molecular weight is 331 g/mol. The van der Waals surface area contributed by atoms with E-state index in [2.05, 4.69) is 33.0 Å². The monoisotopic (exact) mass is 330 g/mol. The fourth-order valence-electron chi connectivity index (χ4n) is 1.74. The highest BCUT2D eigenvalue weighted by atomic mass is 79.9. The lowest BCUT2D eigenvalue weighted by molar-refractivity contribution is 0.469. The Bertz CT molecular complexity index is 621. The Hall–Kier alpha value is -2.07. The van der Waals surface area contributed by atoms with E-state index in [-0.39, 0.29) is 5.75 Å². The van der Waals surface area contributed by atoms with Gasteiger partial charge in [0.2, 0.25) is 0 Å². The van der Waals surface area contributed by atoms with E-state index in [1.807, 2.05) is 42.5 Å². The van der Waals surface area contributed by atoms with Crippen molar-refractivity contribution in [2.45, 2.75) is 6.42 Å². The highest BCUT2D eigenvalue weighted by molar-refractivity contribution is 9.10. The van der Waals surface area contributed by atoms with Crippen molar-refractivity contribution in [1.82, 2.24) is 0 Å². The summed E-state index contributed by atoms with van der Waals surface area (Å²) in [6.45, 7) is 3.67. The maximum atomic E-state index is 10.1. The molecule has 0 saturated carbocycles. The number of hydrazone groups is 1. The molecule has 2 aromatic carbocycles. The van der Waals surface area contributed by atoms with Gasteiger partial charge in [-0.3, -0.25) is 5.43 Å². The molecule has 0 unspecified atom stereocenters. The summed E-state index contributed by atoms with van der Waals surface area (Å²) in [6.07, 6.45) is 3.99. The van der Waals surface area contributed by atoms with Gasteiger partial charge >= 0.3 is 0 Å². The zero-order valence-electron chi connectivity index (χ0n) is 10.9. The molecule has 0 radical (unpaired) electrons. The molecule has 2 aromatic rings. The molecule has 0 aliphatic rings. The molecule has 0 bridgehead atoms. The van der Waals surface area contributed by atoms with Crippen LogP contribution in [0.4, 0.5) is 5.69 Å². The summed E-state index contributed by atoms with van der Waals surface area (Å²) >= 11 is 3.38. The van der Waals surface area contributed by atoms with Crippen molar-refractivity contribution in [3.8, 4) is 5.75 Å². The molecule has 20 heavy (non-hydrogen) atoms. The first-order valence-corrected chi connectivity index (χ1v) is 6.96. The molecule has 3 nitrogen and oxygen atoms in total. The van der Waals surface area contributed by atoms with E-state index in [1.165, 1.54) is 0 Å². The fraction of sp³-hybridized carbons (Fsp3) is 0.0625. The van der Waals surface area contributed by atoms with Gasteiger partial charge in [0.15, 0.2) is 0 Å². The molecule has 2 rings (SSSR count). The zero-order valence-corrected chi connectivity index (χ0v) is 12.5. The summed E-state index contributed by atoms with van der Waals surface area (Å²) in [4.78, 5) is 0. The highest BCUT2D eigenvalue weighted by Crippen LogP contribution is 2.21. The SMILES string of the molecule is C=CCc1cccc(/C=N/Nc2ccc(Br)cc2)c1O. The van der Waals surface area contributed by atoms with Crippen LogP contribution < -0.4 is 5.43 Å². The van der Waals surface area contributed by atoms with Crippen LogP contribution in [-0.2, 0) is 6.42 Å². The fourth-order valence-corrected chi connectivity index (χ4v) is 2.00. The van der Waals surface area contributed by atoms with Crippen molar-refractivity contribution in [3.63, 3.8) is 0 Å². The topological polar surface area (TPSA) is 44.6 Å². The molecule has 0 heterocycles. The Kier molecular flexibility index (Phi) is 4.96. The standard InChI is InChI=1S/C16H15BrN2O/c1-2-4-12-5-3-6-13(16(12)20)11-18-19-15-9-7-14(17)8-10-15/h2-3,5-11,19-20H,1,4H2/b18-11+. The Morgan fingerprint density at radius 2 is 1.95 bits per heavy atom. The van der Waals surface area contributed by atoms with Gasteiger partial charge in [0.05, 0.1) is 11.9 Å². The number of anilines is 1. The van der Waals surface area contributed by atoms with Crippen LogP contribution in [-0.4, -0.2) is 11.3 Å². The quantitative estimate of drug-likeness (QED) is 0.487. The molecule has 0 aromatic heterocycles.